The summed E-state index contributed by atoms with van der Waals surface area (Å²) in [5, 5.41) is 9.30. The van der Waals surface area contributed by atoms with Gasteiger partial charge in [0.1, 0.15) is 11.8 Å². The first kappa shape index (κ1) is 15.7. The summed E-state index contributed by atoms with van der Waals surface area (Å²) < 4.78 is 5.41. The number of nitrogens with zero attached hydrogens (tertiary/aromatic N) is 2. The predicted octanol–water partition coefficient (Wildman–Crippen LogP) is 4.46. The molecule has 2 rings (SSSR count). The Morgan fingerprint density at radius 1 is 1.43 bits per heavy atom. The van der Waals surface area contributed by atoms with Gasteiger partial charge in [-0.15, -0.1) is 0 Å². The Balaban J connectivity index is 2.55. The van der Waals surface area contributed by atoms with Gasteiger partial charge in [-0.05, 0) is 44.2 Å². The first-order valence-electron chi connectivity index (χ1n) is 7.84. The fourth-order valence-corrected chi connectivity index (χ4v) is 3.51. The van der Waals surface area contributed by atoms with Crippen LogP contribution in [0.1, 0.15) is 64.0 Å². The lowest BCUT2D eigenvalue weighted by Crippen LogP contribution is -2.48. The van der Waals surface area contributed by atoms with E-state index in [4.69, 9.17) is 4.74 Å². The lowest BCUT2D eigenvalue weighted by Gasteiger charge is -2.48. The second kappa shape index (κ2) is 5.97. The fraction of sp³-hybridized carbons (Fsp3) is 0.611. The molecule has 0 aromatic heterocycles. The largest absolute Gasteiger partial charge is 0.495 e. The zero-order chi connectivity index (χ0) is 15.6. The molecule has 0 spiro atoms. The van der Waals surface area contributed by atoms with Gasteiger partial charge < -0.3 is 9.64 Å². The summed E-state index contributed by atoms with van der Waals surface area (Å²) in [6.45, 7) is 10.2. The van der Waals surface area contributed by atoms with Gasteiger partial charge in [0, 0.05) is 23.8 Å². The van der Waals surface area contributed by atoms with E-state index < -0.39 is 0 Å². The molecule has 1 heterocycles. The number of ether oxygens (including phenoxy) is 1. The number of hydrogen-bond acceptors (Lipinski definition) is 3. The third-order valence-electron chi connectivity index (χ3n) is 4.56. The van der Waals surface area contributed by atoms with Crippen molar-refractivity contribution in [3.63, 3.8) is 0 Å². The molecule has 1 unspecified atom stereocenters. The summed E-state index contributed by atoms with van der Waals surface area (Å²) in [5.41, 5.74) is 3.30. The maximum absolute atomic E-state index is 9.30. The average Bonchev–Trinajstić information content (AvgIpc) is 2.45. The number of hydrogen-bond donors (Lipinski definition) is 0. The molecular weight excluding hydrogens is 260 g/mol. The van der Waals surface area contributed by atoms with Gasteiger partial charge in [0.15, 0.2) is 0 Å². The van der Waals surface area contributed by atoms with E-state index >= 15 is 0 Å². The highest BCUT2D eigenvalue weighted by Crippen LogP contribution is 2.45. The van der Waals surface area contributed by atoms with Crippen molar-refractivity contribution in [1.29, 1.82) is 5.26 Å². The third kappa shape index (κ3) is 2.85. The molecule has 0 bridgehead atoms. The normalized spacial score (nSPS) is 19.8. The van der Waals surface area contributed by atoms with Crippen LogP contribution in [-0.2, 0) is 0 Å². The molecular formula is C18H26N2O. The monoisotopic (exact) mass is 286 g/mol. The molecule has 3 heteroatoms. The van der Waals surface area contributed by atoms with Crippen LogP contribution >= 0.6 is 0 Å². The van der Waals surface area contributed by atoms with E-state index in [1.165, 1.54) is 24.1 Å². The SMILES string of the molecule is CCCCN1c2cc(OC)c(C#N)cc2C(C)CC1(C)C. The fourth-order valence-electron chi connectivity index (χ4n) is 3.51. The van der Waals surface area contributed by atoms with Gasteiger partial charge in [0.2, 0.25) is 0 Å². The van der Waals surface area contributed by atoms with E-state index in [2.05, 4.69) is 44.7 Å². The Morgan fingerprint density at radius 2 is 2.14 bits per heavy atom. The highest BCUT2D eigenvalue weighted by Gasteiger charge is 2.36. The highest BCUT2D eigenvalue weighted by atomic mass is 16.5. The van der Waals surface area contributed by atoms with Crippen LogP contribution in [0.2, 0.25) is 0 Å². The number of benzene rings is 1. The van der Waals surface area contributed by atoms with Gasteiger partial charge in [0.25, 0.3) is 0 Å². The van der Waals surface area contributed by atoms with Crippen molar-refractivity contribution in [3.05, 3.63) is 23.3 Å². The Labute approximate surface area is 128 Å². The topological polar surface area (TPSA) is 36.3 Å². The molecule has 1 aromatic carbocycles. The van der Waals surface area contributed by atoms with Crippen LogP contribution in [0.25, 0.3) is 0 Å². The molecule has 114 valence electrons. The Morgan fingerprint density at radius 3 is 2.71 bits per heavy atom. The molecule has 0 aliphatic carbocycles. The zero-order valence-electron chi connectivity index (χ0n) is 13.9. The summed E-state index contributed by atoms with van der Waals surface area (Å²) in [4.78, 5) is 2.50. The quantitative estimate of drug-likeness (QED) is 0.820. The first-order valence-corrected chi connectivity index (χ1v) is 7.84. The van der Waals surface area contributed by atoms with Gasteiger partial charge in [0.05, 0.1) is 12.7 Å². The van der Waals surface area contributed by atoms with Crippen molar-refractivity contribution in [2.24, 2.45) is 0 Å². The minimum atomic E-state index is 0.140. The standard InChI is InChI=1S/C18H26N2O/c1-6-7-8-20-16-10-17(21-5)14(12-19)9-15(16)13(2)11-18(20,3)4/h9-10,13H,6-8,11H2,1-5H3. The molecule has 1 aliphatic heterocycles. The number of rotatable bonds is 4. The van der Waals surface area contributed by atoms with Crippen molar-refractivity contribution in [2.75, 3.05) is 18.6 Å². The molecule has 0 radical (unpaired) electrons. The van der Waals surface area contributed by atoms with Crippen LogP contribution in [0.5, 0.6) is 5.75 Å². The van der Waals surface area contributed by atoms with Crippen LogP contribution < -0.4 is 9.64 Å². The van der Waals surface area contributed by atoms with Gasteiger partial charge in [-0.3, -0.25) is 0 Å². The molecule has 3 nitrogen and oxygen atoms in total. The lowest BCUT2D eigenvalue weighted by molar-refractivity contribution is 0.370. The Kier molecular flexibility index (Phi) is 4.46. The number of methoxy groups -OCH3 is 1. The summed E-state index contributed by atoms with van der Waals surface area (Å²) in [7, 11) is 1.64. The van der Waals surface area contributed by atoms with Crippen molar-refractivity contribution < 1.29 is 4.74 Å². The van der Waals surface area contributed by atoms with Gasteiger partial charge >= 0.3 is 0 Å². The molecule has 0 saturated carbocycles. The molecule has 21 heavy (non-hydrogen) atoms. The first-order chi connectivity index (χ1) is 9.94. The van der Waals surface area contributed by atoms with Gasteiger partial charge in [-0.1, -0.05) is 20.3 Å². The van der Waals surface area contributed by atoms with Crippen molar-refractivity contribution >= 4 is 5.69 Å². The van der Waals surface area contributed by atoms with Crippen molar-refractivity contribution in [2.45, 2.75) is 58.4 Å². The predicted molar refractivity (Wildman–Crippen MR) is 87.1 cm³/mol. The van der Waals surface area contributed by atoms with Crippen LogP contribution in [-0.4, -0.2) is 19.2 Å². The van der Waals surface area contributed by atoms with E-state index in [1.807, 2.05) is 6.07 Å². The van der Waals surface area contributed by atoms with E-state index in [1.54, 1.807) is 7.11 Å². The van der Waals surface area contributed by atoms with E-state index in [9.17, 15) is 5.26 Å². The van der Waals surface area contributed by atoms with Crippen molar-refractivity contribution in [1.82, 2.24) is 0 Å². The summed E-state index contributed by atoms with van der Waals surface area (Å²) in [6.07, 6.45) is 3.48. The second-order valence-corrected chi connectivity index (χ2v) is 6.65. The van der Waals surface area contributed by atoms with Crippen LogP contribution in [0.3, 0.4) is 0 Å². The summed E-state index contributed by atoms with van der Waals surface area (Å²) in [6, 6.07) is 6.33. The maximum Gasteiger partial charge on any atom is 0.138 e. The molecule has 1 aromatic rings. The van der Waals surface area contributed by atoms with Gasteiger partial charge in [-0.25, -0.2) is 0 Å². The highest BCUT2D eigenvalue weighted by molar-refractivity contribution is 5.66. The molecule has 1 aliphatic rings. The summed E-state index contributed by atoms with van der Waals surface area (Å²) in [5.74, 6) is 1.15. The van der Waals surface area contributed by atoms with Crippen LogP contribution in [0.15, 0.2) is 12.1 Å². The molecule has 0 amide bonds. The second-order valence-electron chi connectivity index (χ2n) is 6.65. The molecule has 0 N–H and O–H groups in total. The van der Waals surface area contributed by atoms with Crippen molar-refractivity contribution in [3.8, 4) is 11.8 Å². The zero-order valence-corrected chi connectivity index (χ0v) is 13.9. The van der Waals surface area contributed by atoms with Gasteiger partial charge in [-0.2, -0.15) is 5.26 Å². The summed E-state index contributed by atoms with van der Waals surface area (Å²) >= 11 is 0. The number of fused-ring (bicyclic) bond motifs is 1. The molecule has 0 fully saturated rings. The minimum absolute atomic E-state index is 0.140. The van der Waals surface area contributed by atoms with Crippen LogP contribution in [0, 0.1) is 11.3 Å². The number of unbranched alkanes of at least 4 members (excludes halogenated alkanes) is 1. The van der Waals surface area contributed by atoms with E-state index in [0.717, 1.165) is 13.0 Å². The number of nitriles is 1. The maximum atomic E-state index is 9.30. The third-order valence-corrected chi connectivity index (χ3v) is 4.56. The van der Waals surface area contributed by atoms with E-state index in [0.29, 0.717) is 17.2 Å². The van der Waals surface area contributed by atoms with E-state index in [-0.39, 0.29) is 5.54 Å². The Bertz CT molecular complexity index is 557. The van der Waals surface area contributed by atoms with Crippen LogP contribution in [0.4, 0.5) is 5.69 Å². The molecule has 0 saturated heterocycles. The smallest absolute Gasteiger partial charge is 0.138 e. The lowest BCUT2D eigenvalue weighted by atomic mass is 9.79. The molecule has 1 atom stereocenters. The minimum Gasteiger partial charge on any atom is -0.495 e. The average molecular weight is 286 g/mol. The Hall–Kier alpha value is -1.69. The number of anilines is 1.